The first-order valence-electron chi connectivity index (χ1n) is 6.63. The van der Waals surface area contributed by atoms with Crippen molar-refractivity contribution in [2.75, 3.05) is 0 Å². The molecule has 0 unspecified atom stereocenters. The molecule has 3 aromatic rings. The van der Waals surface area contributed by atoms with Crippen LogP contribution in [0.3, 0.4) is 0 Å². The quantitative estimate of drug-likeness (QED) is 0.760. The van der Waals surface area contributed by atoms with Crippen LogP contribution in [-0.2, 0) is 13.0 Å². The summed E-state index contributed by atoms with van der Waals surface area (Å²) < 4.78 is 5.88. The molecule has 3 rings (SSSR count). The lowest BCUT2D eigenvalue weighted by atomic mass is 10.00. The minimum atomic E-state index is 0.417. The van der Waals surface area contributed by atoms with Crippen molar-refractivity contribution < 1.29 is 4.42 Å². The Labute approximate surface area is 112 Å². The summed E-state index contributed by atoms with van der Waals surface area (Å²) in [6.45, 7) is 2.58. The molecule has 0 aliphatic rings. The number of hydrogen-bond donors (Lipinski definition) is 1. The number of furan rings is 1. The van der Waals surface area contributed by atoms with Crippen molar-refractivity contribution in [1.82, 2.24) is 0 Å². The SMILES string of the molecule is CCc1ccc2oc(CN)c(-c3ccccc3)c2c1. The van der Waals surface area contributed by atoms with E-state index in [0.717, 1.165) is 34.3 Å². The van der Waals surface area contributed by atoms with E-state index < -0.39 is 0 Å². The fourth-order valence-electron chi connectivity index (χ4n) is 2.48. The van der Waals surface area contributed by atoms with Crippen molar-refractivity contribution in [3.63, 3.8) is 0 Å². The first-order chi connectivity index (χ1) is 9.33. The maximum atomic E-state index is 5.88. The second kappa shape index (κ2) is 4.90. The smallest absolute Gasteiger partial charge is 0.135 e. The molecule has 2 N–H and O–H groups in total. The molecule has 2 heteroatoms. The van der Waals surface area contributed by atoms with Crippen LogP contribution in [-0.4, -0.2) is 0 Å². The average molecular weight is 251 g/mol. The molecule has 0 atom stereocenters. The molecule has 0 radical (unpaired) electrons. The van der Waals surface area contributed by atoms with Gasteiger partial charge >= 0.3 is 0 Å². The number of aryl methyl sites for hydroxylation is 1. The Bertz CT molecular complexity index is 698. The van der Waals surface area contributed by atoms with Crippen LogP contribution in [0.4, 0.5) is 0 Å². The summed E-state index contributed by atoms with van der Waals surface area (Å²) >= 11 is 0. The Kier molecular flexibility index (Phi) is 3.10. The molecule has 0 saturated heterocycles. The molecule has 0 amide bonds. The number of rotatable bonds is 3. The monoisotopic (exact) mass is 251 g/mol. The minimum Gasteiger partial charge on any atom is -0.459 e. The number of fused-ring (bicyclic) bond motifs is 1. The molecule has 2 aromatic carbocycles. The zero-order chi connectivity index (χ0) is 13.2. The van der Waals surface area contributed by atoms with Gasteiger partial charge < -0.3 is 10.2 Å². The van der Waals surface area contributed by atoms with E-state index in [1.807, 2.05) is 24.3 Å². The second-order valence-corrected chi connectivity index (χ2v) is 4.65. The van der Waals surface area contributed by atoms with Crippen LogP contribution in [0.25, 0.3) is 22.1 Å². The van der Waals surface area contributed by atoms with E-state index in [1.165, 1.54) is 5.56 Å². The first-order valence-corrected chi connectivity index (χ1v) is 6.63. The van der Waals surface area contributed by atoms with E-state index in [2.05, 4.69) is 31.2 Å². The normalized spacial score (nSPS) is 11.1. The summed E-state index contributed by atoms with van der Waals surface area (Å²) in [5, 5.41) is 1.16. The molecule has 1 heterocycles. The summed E-state index contributed by atoms with van der Waals surface area (Å²) in [5.74, 6) is 0.856. The molecule has 0 spiro atoms. The average Bonchev–Trinajstić information content (AvgIpc) is 2.85. The van der Waals surface area contributed by atoms with Gasteiger partial charge in [-0.3, -0.25) is 0 Å². The van der Waals surface area contributed by atoms with Gasteiger partial charge in [0.15, 0.2) is 0 Å². The highest BCUT2D eigenvalue weighted by Gasteiger charge is 2.14. The number of hydrogen-bond acceptors (Lipinski definition) is 2. The van der Waals surface area contributed by atoms with Gasteiger partial charge in [-0.05, 0) is 29.7 Å². The van der Waals surface area contributed by atoms with E-state index >= 15 is 0 Å². The van der Waals surface area contributed by atoms with Crippen LogP contribution < -0.4 is 5.73 Å². The Morgan fingerprint density at radius 2 is 1.84 bits per heavy atom. The highest BCUT2D eigenvalue weighted by atomic mass is 16.3. The van der Waals surface area contributed by atoms with E-state index in [9.17, 15) is 0 Å². The fraction of sp³-hybridized carbons (Fsp3) is 0.176. The predicted molar refractivity (Wildman–Crippen MR) is 78.9 cm³/mol. The number of nitrogens with two attached hydrogens (primary N) is 1. The summed E-state index contributed by atoms with van der Waals surface area (Å²) in [6.07, 6.45) is 1.02. The van der Waals surface area contributed by atoms with Crippen molar-refractivity contribution in [2.24, 2.45) is 5.73 Å². The third-order valence-corrected chi connectivity index (χ3v) is 3.48. The lowest BCUT2D eigenvalue weighted by molar-refractivity contribution is 0.554. The maximum Gasteiger partial charge on any atom is 0.135 e. The fourth-order valence-corrected chi connectivity index (χ4v) is 2.48. The summed E-state index contributed by atoms with van der Waals surface area (Å²) in [6, 6.07) is 16.7. The third kappa shape index (κ3) is 2.04. The van der Waals surface area contributed by atoms with Gasteiger partial charge in [0.1, 0.15) is 11.3 Å². The molecule has 0 aliphatic carbocycles. The molecule has 2 nitrogen and oxygen atoms in total. The van der Waals surface area contributed by atoms with Crippen molar-refractivity contribution in [3.8, 4) is 11.1 Å². The van der Waals surface area contributed by atoms with Gasteiger partial charge in [-0.2, -0.15) is 0 Å². The Morgan fingerprint density at radius 1 is 1.05 bits per heavy atom. The Hall–Kier alpha value is -2.06. The zero-order valence-electron chi connectivity index (χ0n) is 11.0. The van der Waals surface area contributed by atoms with Crippen molar-refractivity contribution in [3.05, 3.63) is 59.9 Å². The lowest BCUT2D eigenvalue weighted by Gasteiger charge is -2.02. The van der Waals surface area contributed by atoms with Gasteiger partial charge in [-0.1, -0.05) is 43.3 Å². The first kappa shape index (κ1) is 12.0. The number of benzene rings is 2. The molecule has 19 heavy (non-hydrogen) atoms. The predicted octanol–water partition coefficient (Wildman–Crippen LogP) is 4.12. The molecular formula is C17H17NO. The molecule has 1 aromatic heterocycles. The van der Waals surface area contributed by atoms with E-state index in [-0.39, 0.29) is 0 Å². The van der Waals surface area contributed by atoms with Crippen molar-refractivity contribution >= 4 is 11.0 Å². The summed E-state index contributed by atoms with van der Waals surface area (Å²) in [5.41, 5.74) is 10.4. The second-order valence-electron chi connectivity index (χ2n) is 4.65. The van der Waals surface area contributed by atoms with Crippen LogP contribution in [0.1, 0.15) is 18.2 Å². The van der Waals surface area contributed by atoms with Crippen LogP contribution in [0, 0.1) is 0 Å². The third-order valence-electron chi connectivity index (χ3n) is 3.48. The van der Waals surface area contributed by atoms with Crippen LogP contribution in [0.15, 0.2) is 52.9 Å². The largest absolute Gasteiger partial charge is 0.459 e. The summed E-state index contributed by atoms with van der Waals surface area (Å²) in [4.78, 5) is 0. The van der Waals surface area contributed by atoms with Gasteiger partial charge in [-0.15, -0.1) is 0 Å². The van der Waals surface area contributed by atoms with Gasteiger partial charge in [-0.25, -0.2) is 0 Å². The summed E-state index contributed by atoms with van der Waals surface area (Å²) in [7, 11) is 0. The molecular weight excluding hydrogens is 234 g/mol. The molecule has 0 bridgehead atoms. The molecule has 0 saturated carbocycles. The topological polar surface area (TPSA) is 39.2 Å². The van der Waals surface area contributed by atoms with Crippen molar-refractivity contribution in [1.29, 1.82) is 0 Å². The van der Waals surface area contributed by atoms with E-state index in [4.69, 9.17) is 10.2 Å². The van der Waals surface area contributed by atoms with Gasteiger partial charge in [0.25, 0.3) is 0 Å². The minimum absolute atomic E-state index is 0.417. The zero-order valence-corrected chi connectivity index (χ0v) is 11.0. The molecule has 96 valence electrons. The van der Waals surface area contributed by atoms with Crippen molar-refractivity contribution in [2.45, 2.75) is 19.9 Å². The Balaban J connectivity index is 2.31. The van der Waals surface area contributed by atoms with E-state index in [1.54, 1.807) is 0 Å². The van der Waals surface area contributed by atoms with E-state index in [0.29, 0.717) is 6.54 Å². The van der Waals surface area contributed by atoms with Gasteiger partial charge in [0, 0.05) is 10.9 Å². The van der Waals surface area contributed by atoms with Gasteiger partial charge in [0.05, 0.1) is 6.54 Å². The highest BCUT2D eigenvalue weighted by Crippen LogP contribution is 2.35. The molecule has 0 fully saturated rings. The van der Waals surface area contributed by atoms with Crippen LogP contribution in [0.5, 0.6) is 0 Å². The molecule has 0 aliphatic heterocycles. The Morgan fingerprint density at radius 3 is 2.53 bits per heavy atom. The van der Waals surface area contributed by atoms with Crippen LogP contribution >= 0.6 is 0 Å². The highest BCUT2D eigenvalue weighted by molar-refractivity contribution is 5.96. The standard InChI is InChI=1S/C17H17NO/c1-2-12-8-9-15-14(10-12)17(16(11-18)19-15)13-6-4-3-5-7-13/h3-10H,2,11,18H2,1H3. The maximum absolute atomic E-state index is 5.88. The lowest BCUT2D eigenvalue weighted by Crippen LogP contribution is -1.95. The van der Waals surface area contributed by atoms with Crippen LogP contribution in [0.2, 0.25) is 0 Å². The van der Waals surface area contributed by atoms with Gasteiger partial charge in [0.2, 0.25) is 0 Å².